The number of pyridine rings is 1. The summed E-state index contributed by atoms with van der Waals surface area (Å²) in [6.45, 7) is 0.981. The van der Waals surface area contributed by atoms with Crippen LogP contribution in [-0.2, 0) is 4.79 Å². The number of rotatable bonds is 5. The number of nitrogens with one attached hydrogen (secondary N) is 2. The standard InChI is InChI=1S/C19H16F2N4O5S/c1-8-7-30-16-13(21)11(20)4-9-14(16)25(8)5-10(15(9)27)17(28)23-12(6-26)18(29)24-19-22-2-3-31-19/h2-5,8,12,26H,6-7H2,1H3,(H,23,28)(H,22,24,29)/t8?,12-/m0/s1. The lowest BCUT2D eigenvalue weighted by atomic mass is 10.1. The summed E-state index contributed by atoms with van der Waals surface area (Å²) in [6.07, 6.45) is 2.68. The predicted octanol–water partition coefficient (Wildman–Crippen LogP) is 1.42. The van der Waals surface area contributed by atoms with Crippen molar-refractivity contribution in [1.82, 2.24) is 14.9 Å². The molecule has 2 aromatic heterocycles. The van der Waals surface area contributed by atoms with Crippen LogP contribution in [-0.4, -0.2) is 45.7 Å². The van der Waals surface area contributed by atoms with Gasteiger partial charge in [-0.1, -0.05) is 0 Å². The Balaban J connectivity index is 1.71. The van der Waals surface area contributed by atoms with E-state index in [1.165, 1.54) is 17.0 Å². The van der Waals surface area contributed by atoms with Crippen LogP contribution in [0.1, 0.15) is 23.3 Å². The maximum atomic E-state index is 14.2. The number of ether oxygens (including phenoxy) is 1. The van der Waals surface area contributed by atoms with Crippen molar-refractivity contribution in [1.29, 1.82) is 0 Å². The van der Waals surface area contributed by atoms with Gasteiger partial charge >= 0.3 is 0 Å². The molecule has 0 spiro atoms. The lowest BCUT2D eigenvalue weighted by Crippen LogP contribution is -2.47. The number of aliphatic hydroxyl groups excluding tert-OH is 1. The summed E-state index contributed by atoms with van der Waals surface area (Å²) in [5.41, 5.74) is -1.21. The van der Waals surface area contributed by atoms with E-state index < -0.39 is 52.8 Å². The molecule has 3 aromatic rings. The molecular formula is C19H16F2N4O5S. The van der Waals surface area contributed by atoms with Gasteiger partial charge < -0.3 is 25.0 Å². The summed E-state index contributed by atoms with van der Waals surface area (Å²) < 4.78 is 34.9. The van der Waals surface area contributed by atoms with Crippen molar-refractivity contribution in [3.63, 3.8) is 0 Å². The molecule has 1 unspecified atom stereocenters. The largest absolute Gasteiger partial charge is 0.486 e. The van der Waals surface area contributed by atoms with Crippen molar-refractivity contribution in [2.45, 2.75) is 19.0 Å². The van der Waals surface area contributed by atoms with E-state index in [0.29, 0.717) is 6.07 Å². The first-order valence-corrected chi connectivity index (χ1v) is 10.0. The molecule has 0 aliphatic carbocycles. The Morgan fingerprint density at radius 1 is 1.45 bits per heavy atom. The van der Waals surface area contributed by atoms with E-state index in [2.05, 4.69) is 15.6 Å². The molecule has 1 aliphatic rings. The summed E-state index contributed by atoms with van der Waals surface area (Å²) in [5, 5.41) is 15.9. The fourth-order valence-electron chi connectivity index (χ4n) is 3.26. The van der Waals surface area contributed by atoms with Crippen molar-refractivity contribution in [3.8, 4) is 5.75 Å². The average Bonchev–Trinajstić information content (AvgIpc) is 3.25. The number of thiazole rings is 1. The van der Waals surface area contributed by atoms with Crippen LogP contribution in [0.2, 0.25) is 0 Å². The Kier molecular flexibility index (Phi) is 5.41. The Labute approximate surface area is 177 Å². The molecule has 31 heavy (non-hydrogen) atoms. The van der Waals surface area contributed by atoms with Crippen molar-refractivity contribution in [2.75, 3.05) is 18.5 Å². The Morgan fingerprint density at radius 3 is 2.90 bits per heavy atom. The number of aliphatic hydroxyl groups is 1. The summed E-state index contributed by atoms with van der Waals surface area (Å²) >= 11 is 1.14. The summed E-state index contributed by atoms with van der Waals surface area (Å²) in [5.74, 6) is -4.58. The molecule has 12 heteroatoms. The van der Waals surface area contributed by atoms with Gasteiger partial charge in [0.25, 0.3) is 11.8 Å². The zero-order chi connectivity index (χ0) is 22.3. The van der Waals surface area contributed by atoms with Gasteiger partial charge in [0, 0.05) is 17.8 Å². The number of carbonyl (C=O) groups is 2. The zero-order valence-electron chi connectivity index (χ0n) is 16.0. The topological polar surface area (TPSA) is 123 Å². The smallest absolute Gasteiger partial charge is 0.257 e. The number of aromatic nitrogens is 2. The third kappa shape index (κ3) is 3.64. The van der Waals surface area contributed by atoms with Gasteiger partial charge in [-0.15, -0.1) is 11.3 Å². The van der Waals surface area contributed by atoms with Crippen LogP contribution in [0.5, 0.6) is 5.75 Å². The normalized spacial score (nSPS) is 15.9. The monoisotopic (exact) mass is 450 g/mol. The molecule has 0 bridgehead atoms. The molecule has 3 heterocycles. The molecule has 162 valence electrons. The second-order valence-electron chi connectivity index (χ2n) is 6.87. The van der Waals surface area contributed by atoms with Gasteiger partial charge in [-0.25, -0.2) is 9.37 Å². The van der Waals surface area contributed by atoms with Crippen LogP contribution in [0.25, 0.3) is 10.9 Å². The van der Waals surface area contributed by atoms with E-state index in [9.17, 15) is 28.3 Å². The van der Waals surface area contributed by atoms with E-state index in [-0.39, 0.29) is 28.7 Å². The number of anilines is 1. The Morgan fingerprint density at radius 2 is 2.23 bits per heavy atom. The van der Waals surface area contributed by atoms with Gasteiger partial charge in [-0.3, -0.25) is 14.4 Å². The fraction of sp³-hybridized carbons (Fsp3) is 0.263. The summed E-state index contributed by atoms with van der Waals surface area (Å²) in [6, 6.07) is -1.04. The first-order chi connectivity index (χ1) is 14.8. The third-order valence-corrected chi connectivity index (χ3v) is 5.51. The van der Waals surface area contributed by atoms with Crippen molar-refractivity contribution in [2.24, 2.45) is 0 Å². The molecule has 3 N–H and O–H groups in total. The van der Waals surface area contributed by atoms with E-state index in [4.69, 9.17) is 4.74 Å². The molecule has 0 radical (unpaired) electrons. The van der Waals surface area contributed by atoms with Gasteiger partial charge in [0.15, 0.2) is 16.7 Å². The quantitative estimate of drug-likeness (QED) is 0.540. The molecule has 2 amide bonds. The second kappa shape index (κ2) is 8.04. The molecule has 0 saturated carbocycles. The van der Waals surface area contributed by atoms with Crippen LogP contribution < -0.4 is 20.8 Å². The number of carbonyl (C=O) groups excluding carboxylic acids is 2. The van der Waals surface area contributed by atoms with Gasteiger partial charge in [0.1, 0.15) is 18.2 Å². The summed E-state index contributed by atoms with van der Waals surface area (Å²) in [7, 11) is 0. The molecular weight excluding hydrogens is 434 g/mol. The highest BCUT2D eigenvalue weighted by Crippen LogP contribution is 2.35. The van der Waals surface area contributed by atoms with Gasteiger partial charge in [-0.05, 0) is 13.0 Å². The van der Waals surface area contributed by atoms with Crippen LogP contribution in [0.4, 0.5) is 13.9 Å². The number of halogens is 2. The number of benzene rings is 1. The van der Waals surface area contributed by atoms with E-state index >= 15 is 0 Å². The fourth-order valence-corrected chi connectivity index (χ4v) is 3.79. The Hall–Kier alpha value is -3.38. The van der Waals surface area contributed by atoms with Crippen LogP contribution >= 0.6 is 11.3 Å². The maximum absolute atomic E-state index is 14.2. The number of hydrogen-bond acceptors (Lipinski definition) is 7. The predicted molar refractivity (Wildman–Crippen MR) is 107 cm³/mol. The number of nitrogens with zero attached hydrogens (tertiary/aromatic N) is 2. The minimum Gasteiger partial charge on any atom is -0.486 e. The van der Waals surface area contributed by atoms with E-state index in [1.807, 2.05) is 0 Å². The first kappa shape index (κ1) is 20.9. The Bertz CT molecular complexity index is 1240. The second-order valence-corrected chi connectivity index (χ2v) is 7.77. The van der Waals surface area contributed by atoms with E-state index in [1.54, 1.807) is 12.3 Å². The molecule has 0 saturated heterocycles. The van der Waals surface area contributed by atoms with Crippen molar-refractivity contribution >= 4 is 39.2 Å². The lowest BCUT2D eigenvalue weighted by molar-refractivity contribution is -0.118. The average molecular weight is 450 g/mol. The maximum Gasteiger partial charge on any atom is 0.257 e. The van der Waals surface area contributed by atoms with Gasteiger partial charge in [-0.2, -0.15) is 4.39 Å². The van der Waals surface area contributed by atoms with Crippen molar-refractivity contribution in [3.05, 3.63) is 51.3 Å². The lowest BCUT2D eigenvalue weighted by Gasteiger charge is -2.27. The van der Waals surface area contributed by atoms with Crippen LogP contribution in [0, 0.1) is 11.6 Å². The number of hydrogen-bond donors (Lipinski definition) is 3. The van der Waals surface area contributed by atoms with Gasteiger partial charge in [0.05, 0.1) is 23.6 Å². The molecule has 0 fully saturated rings. The summed E-state index contributed by atoms with van der Waals surface area (Å²) in [4.78, 5) is 41.9. The van der Waals surface area contributed by atoms with Crippen LogP contribution in [0.3, 0.4) is 0 Å². The molecule has 1 aromatic carbocycles. The number of amides is 2. The third-order valence-electron chi connectivity index (χ3n) is 4.82. The van der Waals surface area contributed by atoms with Crippen LogP contribution in [0.15, 0.2) is 28.6 Å². The minimum atomic E-state index is -1.37. The zero-order valence-corrected chi connectivity index (χ0v) is 16.8. The molecule has 2 atom stereocenters. The SMILES string of the molecule is CC1COc2c(F)c(F)cc3c(=O)c(C(=O)N[C@@H](CO)C(=O)Nc4nccs4)cn1c23. The molecule has 9 nitrogen and oxygen atoms in total. The highest BCUT2D eigenvalue weighted by Gasteiger charge is 2.29. The highest BCUT2D eigenvalue weighted by atomic mass is 32.1. The highest BCUT2D eigenvalue weighted by molar-refractivity contribution is 7.13. The molecule has 1 aliphatic heterocycles. The van der Waals surface area contributed by atoms with E-state index in [0.717, 1.165) is 11.3 Å². The van der Waals surface area contributed by atoms with Gasteiger partial charge in [0.2, 0.25) is 11.2 Å². The first-order valence-electron chi connectivity index (χ1n) is 9.13. The van der Waals surface area contributed by atoms with Crippen molar-refractivity contribution < 1.29 is 28.2 Å². The minimum absolute atomic E-state index is 0.00187. The molecule has 4 rings (SSSR count).